The predicted molar refractivity (Wildman–Crippen MR) is 140 cm³/mol. The van der Waals surface area contributed by atoms with E-state index in [2.05, 4.69) is 45.5 Å². The Kier molecular flexibility index (Phi) is 8.33. The largest absolute Gasteiger partial charge is 0.444 e. The van der Waals surface area contributed by atoms with E-state index in [1.54, 1.807) is 0 Å². The first-order chi connectivity index (χ1) is 14.8. The molecule has 1 aromatic rings. The number of carbonyl (C=O) groups is 1. The molecule has 7 heteroatoms. The third-order valence-electron chi connectivity index (χ3n) is 6.53. The molecule has 3 aliphatic rings. The van der Waals surface area contributed by atoms with Gasteiger partial charge in [0.05, 0.1) is 0 Å². The van der Waals surface area contributed by atoms with Crippen LogP contribution in [0.5, 0.6) is 0 Å². The summed E-state index contributed by atoms with van der Waals surface area (Å²) in [5.41, 5.74) is 0.952. The zero-order chi connectivity index (χ0) is 22.0. The maximum atomic E-state index is 12.9. The van der Waals surface area contributed by atoms with Crippen molar-refractivity contribution in [3.63, 3.8) is 0 Å². The van der Waals surface area contributed by atoms with Crippen molar-refractivity contribution in [2.75, 3.05) is 26.7 Å². The quantitative estimate of drug-likeness (QED) is 0.322. The van der Waals surface area contributed by atoms with Crippen LogP contribution in [-0.4, -0.2) is 66.2 Å². The SMILES string of the molecule is CN=C(NC1CC1c1ccccc1)N1CCC(N(CC2CC2)C(=O)OC(C)(C)C)CC1.I. The number of rotatable bonds is 5. The minimum atomic E-state index is -0.453. The van der Waals surface area contributed by atoms with E-state index in [4.69, 9.17) is 4.74 Å². The summed E-state index contributed by atoms with van der Waals surface area (Å²) in [5, 5.41) is 3.67. The molecule has 1 aliphatic heterocycles. The summed E-state index contributed by atoms with van der Waals surface area (Å²) in [6.07, 6.45) is 5.40. The Hall–Kier alpha value is -1.51. The number of nitrogens with zero attached hydrogens (tertiary/aromatic N) is 3. The van der Waals surface area contributed by atoms with Crippen molar-refractivity contribution >= 4 is 36.0 Å². The number of guanidine groups is 1. The highest BCUT2D eigenvalue weighted by atomic mass is 127. The molecule has 3 fully saturated rings. The Labute approximate surface area is 210 Å². The van der Waals surface area contributed by atoms with Crippen molar-refractivity contribution in [2.24, 2.45) is 10.9 Å². The lowest BCUT2D eigenvalue weighted by atomic mass is 10.0. The average molecular weight is 555 g/mol. The number of amides is 1. The Morgan fingerprint density at radius 2 is 1.81 bits per heavy atom. The van der Waals surface area contributed by atoms with Gasteiger partial charge in [-0.2, -0.15) is 0 Å². The third kappa shape index (κ3) is 6.75. The second-order valence-electron chi connectivity index (χ2n) is 10.3. The number of likely N-dealkylation sites (tertiary alicyclic amines) is 1. The summed E-state index contributed by atoms with van der Waals surface area (Å²) >= 11 is 0. The third-order valence-corrected chi connectivity index (χ3v) is 6.53. The summed E-state index contributed by atoms with van der Waals surface area (Å²) < 4.78 is 5.73. The molecule has 1 amide bonds. The van der Waals surface area contributed by atoms with Crippen LogP contribution in [0.15, 0.2) is 35.3 Å². The van der Waals surface area contributed by atoms with Gasteiger partial charge in [0.15, 0.2) is 5.96 Å². The fourth-order valence-electron chi connectivity index (χ4n) is 4.55. The second-order valence-corrected chi connectivity index (χ2v) is 10.3. The minimum absolute atomic E-state index is 0. The fourth-order valence-corrected chi connectivity index (χ4v) is 4.55. The maximum Gasteiger partial charge on any atom is 0.410 e. The lowest BCUT2D eigenvalue weighted by Gasteiger charge is -2.40. The summed E-state index contributed by atoms with van der Waals surface area (Å²) in [7, 11) is 1.87. The molecule has 1 heterocycles. The number of aliphatic imine (C=N–C) groups is 1. The van der Waals surface area contributed by atoms with Crippen molar-refractivity contribution in [3.05, 3.63) is 35.9 Å². The van der Waals surface area contributed by atoms with Gasteiger partial charge in [0.1, 0.15) is 5.60 Å². The first-order valence-electron chi connectivity index (χ1n) is 11.9. The lowest BCUT2D eigenvalue weighted by Crippen LogP contribution is -2.53. The number of hydrogen-bond acceptors (Lipinski definition) is 3. The summed E-state index contributed by atoms with van der Waals surface area (Å²) in [6.45, 7) is 8.50. The van der Waals surface area contributed by atoms with Crippen LogP contribution in [0.3, 0.4) is 0 Å². The molecular formula is C25H39IN4O2. The molecule has 6 nitrogen and oxygen atoms in total. The monoisotopic (exact) mass is 554 g/mol. The van der Waals surface area contributed by atoms with E-state index in [0.717, 1.165) is 44.9 Å². The topological polar surface area (TPSA) is 57.2 Å². The molecule has 2 saturated carbocycles. The number of piperidine rings is 1. The molecule has 2 unspecified atom stereocenters. The van der Waals surface area contributed by atoms with Crippen LogP contribution in [0, 0.1) is 5.92 Å². The fraction of sp³-hybridized carbons (Fsp3) is 0.680. The van der Waals surface area contributed by atoms with Gasteiger partial charge in [-0.3, -0.25) is 4.99 Å². The van der Waals surface area contributed by atoms with E-state index in [1.807, 2.05) is 32.7 Å². The van der Waals surface area contributed by atoms with Gasteiger partial charge in [-0.15, -0.1) is 24.0 Å². The summed E-state index contributed by atoms with van der Waals surface area (Å²) in [6, 6.07) is 11.4. The number of nitrogens with one attached hydrogen (secondary N) is 1. The van der Waals surface area contributed by atoms with Gasteiger partial charge >= 0.3 is 6.09 Å². The van der Waals surface area contributed by atoms with E-state index < -0.39 is 5.60 Å². The Morgan fingerprint density at radius 1 is 1.16 bits per heavy atom. The highest BCUT2D eigenvalue weighted by Gasteiger charge is 2.40. The number of benzene rings is 1. The van der Waals surface area contributed by atoms with Crippen LogP contribution in [0.1, 0.15) is 64.4 Å². The normalized spacial score (nSPS) is 23.9. The zero-order valence-corrected chi connectivity index (χ0v) is 22.2. The van der Waals surface area contributed by atoms with Crippen molar-refractivity contribution in [1.29, 1.82) is 0 Å². The smallest absolute Gasteiger partial charge is 0.410 e. The standard InChI is InChI=1S/C25H38N4O2.HI/c1-25(2,3)31-24(30)29(17-18-10-11-18)20-12-14-28(15-13-20)23(26-4)27-22-16-21(22)19-8-6-5-7-9-19;/h5-9,18,20-22H,10-17H2,1-4H3,(H,26,27);1H. The Balaban J connectivity index is 0.00000289. The van der Waals surface area contributed by atoms with Crippen LogP contribution in [-0.2, 0) is 4.74 Å². The van der Waals surface area contributed by atoms with Crippen molar-refractivity contribution in [3.8, 4) is 0 Å². The number of hydrogen-bond donors (Lipinski definition) is 1. The second kappa shape index (κ2) is 10.6. The first kappa shape index (κ1) is 25.1. The molecule has 1 N–H and O–H groups in total. The first-order valence-corrected chi connectivity index (χ1v) is 11.9. The molecule has 2 aliphatic carbocycles. The molecule has 0 aromatic heterocycles. The molecular weight excluding hydrogens is 515 g/mol. The van der Waals surface area contributed by atoms with Gasteiger partial charge in [-0.1, -0.05) is 30.3 Å². The van der Waals surface area contributed by atoms with Gasteiger partial charge in [-0.05, 0) is 64.4 Å². The number of carbonyl (C=O) groups excluding carboxylic acids is 1. The van der Waals surface area contributed by atoms with Crippen molar-refractivity contribution in [2.45, 2.75) is 76.5 Å². The molecule has 32 heavy (non-hydrogen) atoms. The molecule has 1 saturated heterocycles. The van der Waals surface area contributed by atoms with Gasteiger partial charge < -0.3 is 19.9 Å². The number of ether oxygens (including phenoxy) is 1. The van der Waals surface area contributed by atoms with Crippen LogP contribution in [0.4, 0.5) is 4.79 Å². The van der Waals surface area contributed by atoms with Crippen molar-refractivity contribution < 1.29 is 9.53 Å². The van der Waals surface area contributed by atoms with E-state index >= 15 is 0 Å². The van der Waals surface area contributed by atoms with Crippen LogP contribution in [0.2, 0.25) is 0 Å². The van der Waals surface area contributed by atoms with Gasteiger partial charge in [0, 0.05) is 44.7 Å². The predicted octanol–water partition coefficient (Wildman–Crippen LogP) is 4.85. The van der Waals surface area contributed by atoms with E-state index in [-0.39, 0.29) is 36.1 Å². The maximum absolute atomic E-state index is 12.9. The summed E-state index contributed by atoms with van der Waals surface area (Å²) in [4.78, 5) is 21.8. The summed E-state index contributed by atoms with van der Waals surface area (Å²) in [5.74, 6) is 2.23. The highest BCUT2D eigenvalue weighted by Crippen LogP contribution is 2.40. The van der Waals surface area contributed by atoms with Gasteiger partial charge in [0.25, 0.3) is 0 Å². The van der Waals surface area contributed by atoms with E-state index in [1.165, 1.54) is 18.4 Å². The lowest BCUT2D eigenvalue weighted by molar-refractivity contribution is 0.00928. The van der Waals surface area contributed by atoms with Gasteiger partial charge in [0.2, 0.25) is 0 Å². The molecule has 1 aromatic carbocycles. The Morgan fingerprint density at radius 3 is 2.38 bits per heavy atom. The molecule has 2 atom stereocenters. The molecule has 0 bridgehead atoms. The minimum Gasteiger partial charge on any atom is -0.444 e. The molecule has 0 spiro atoms. The van der Waals surface area contributed by atoms with Crippen LogP contribution < -0.4 is 5.32 Å². The van der Waals surface area contributed by atoms with Gasteiger partial charge in [-0.25, -0.2) is 4.79 Å². The van der Waals surface area contributed by atoms with E-state index in [9.17, 15) is 4.79 Å². The molecule has 4 rings (SSSR count). The van der Waals surface area contributed by atoms with Crippen molar-refractivity contribution in [1.82, 2.24) is 15.1 Å². The number of halogens is 1. The van der Waals surface area contributed by atoms with Crippen LogP contribution >= 0.6 is 24.0 Å². The molecule has 178 valence electrons. The molecule has 0 radical (unpaired) electrons. The zero-order valence-electron chi connectivity index (χ0n) is 19.9. The van der Waals surface area contributed by atoms with E-state index in [0.29, 0.717) is 17.9 Å². The Bertz CT molecular complexity index is 783. The van der Waals surface area contributed by atoms with Crippen LogP contribution in [0.25, 0.3) is 0 Å². The highest BCUT2D eigenvalue weighted by molar-refractivity contribution is 14.0. The average Bonchev–Trinajstić information content (AvgIpc) is 3.66.